The predicted molar refractivity (Wildman–Crippen MR) is 111 cm³/mol. The van der Waals surface area contributed by atoms with Crippen molar-refractivity contribution in [2.24, 2.45) is 0 Å². The minimum atomic E-state index is -3.21. The molecule has 0 aliphatic carbocycles. The van der Waals surface area contributed by atoms with Gasteiger partial charge in [-0.05, 0) is 0 Å². The van der Waals surface area contributed by atoms with Gasteiger partial charge in [-0.3, -0.25) is 0 Å². The molecule has 0 saturated carbocycles. The first-order chi connectivity index (χ1) is 14.2. The van der Waals surface area contributed by atoms with Gasteiger partial charge in [-0.2, -0.15) is 0 Å². The van der Waals surface area contributed by atoms with Crippen LogP contribution in [0.5, 0.6) is 0 Å². The second-order valence-corrected chi connectivity index (χ2v) is 17.6. The van der Waals surface area contributed by atoms with Gasteiger partial charge >= 0.3 is 179 Å². The normalized spacial score (nSPS) is 35.8. The van der Waals surface area contributed by atoms with E-state index in [1.165, 1.54) is 0 Å². The van der Waals surface area contributed by atoms with Crippen molar-refractivity contribution in [1.29, 1.82) is 0 Å². The van der Waals surface area contributed by atoms with Crippen LogP contribution in [0, 0.1) is 0 Å². The van der Waals surface area contributed by atoms with Crippen molar-refractivity contribution < 1.29 is 25.1 Å². The third-order valence-corrected chi connectivity index (χ3v) is 16.5. The van der Waals surface area contributed by atoms with Crippen molar-refractivity contribution in [2.45, 2.75) is 85.4 Å². The molecule has 3 fully saturated rings. The second-order valence-electron chi connectivity index (χ2n) is 8.24. The Morgan fingerprint density at radius 3 is 2.28 bits per heavy atom. The molecule has 0 radical (unpaired) electrons. The van der Waals surface area contributed by atoms with Gasteiger partial charge in [-0.25, -0.2) is 0 Å². The van der Waals surface area contributed by atoms with Crippen LogP contribution in [-0.2, 0) is 25.1 Å². The predicted octanol–water partition coefficient (Wildman–Crippen LogP) is 4.30. The molecular weight excluding hydrogens is 479 g/mol. The van der Waals surface area contributed by atoms with Crippen LogP contribution in [-0.4, -0.2) is 63.6 Å². The quantitative estimate of drug-likeness (QED) is 0.484. The van der Waals surface area contributed by atoms with E-state index < -0.39 is 31.8 Å². The summed E-state index contributed by atoms with van der Waals surface area (Å²) in [5.41, 5.74) is 1.02. The van der Waals surface area contributed by atoms with Crippen LogP contribution in [0.2, 0.25) is 8.87 Å². The van der Waals surface area contributed by atoms with E-state index in [2.05, 4.69) is 13.8 Å². The summed E-state index contributed by atoms with van der Waals surface area (Å²) in [4.78, 5) is 0. The molecule has 3 heterocycles. The topological polar surface area (TPSA) is 55.4 Å². The van der Waals surface area contributed by atoms with Gasteiger partial charge in [0.15, 0.2) is 0 Å². The van der Waals surface area contributed by atoms with E-state index in [0.717, 1.165) is 40.1 Å². The summed E-state index contributed by atoms with van der Waals surface area (Å²) in [6.07, 6.45) is 3.04. The molecule has 1 aromatic rings. The van der Waals surface area contributed by atoms with Gasteiger partial charge in [0.1, 0.15) is 0 Å². The van der Waals surface area contributed by atoms with Gasteiger partial charge in [0.05, 0.1) is 0 Å². The zero-order valence-corrected chi connectivity index (χ0v) is 20.6. The molecule has 0 amide bonds. The molecule has 4 rings (SSSR count). The van der Waals surface area contributed by atoms with E-state index in [0.29, 0.717) is 6.61 Å². The average Bonchev–Trinajstić information content (AvgIpc) is 3.16. The number of ether oxygens (including phenoxy) is 4. The molecule has 162 valence electrons. The van der Waals surface area contributed by atoms with Crippen molar-refractivity contribution in [3.8, 4) is 0 Å². The Bertz CT molecular complexity index is 635. The number of fused-ring (bicyclic) bond motifs is 3. The van der Waals surface area contributed by atoms with Gasteiger partial charge in [-0.1, -0.05) is 0 Å². The molecule has 6 unspecified atom stereocenters. The summed E-state index contributed by atoms with van der Waals surface area (Å²) in [5.74, 6) is 0. The Hall–Kier alpha value is -0.221. The van der Waals surface area contributed by atoms with Crippen LogP contribution < -0.4 is 0 Å². The van der Waals surface area contributed by atoms with Gasteiger partial charge in [0.25, 0.3) is 0 Å². The number of methoxy groups -OCH3 is 1. The van der Waals surface area contributed by atoms with Crippen molar-refractivity contribution in [2.75, 3.05) is 13.7 Å². The molecule has 0 bridgehead atoms. The Balaban J connectivity index is 1.55. The zero-order chi connectivity index (χ0) is 20.3. The van der Waals surface area contributed by atoms with Gasteiger partial charge in [0, 0.05) is 0 Å². The van der Waals surface area contributed by atoms with Gasteiger partial charge in [0.2, 0.25) is 0 Å². The number of hydrogen-bond donors (Lipinski definition) is 0. The van der Waals surface area contributed by atoms with Gasteiger partial charge < -0.3 is 0 Å². The molecule has 3 saturated heterocycles. The van der Waals surface area contributed by atoms with E-state index in [1.807, 2.05) is 30.3 Å². The van der Waals surface area contributed by atoms with Crippen molar-refractivity contribution in [3.05, 3.63) is 35.9 Å². The summed E-state index contributed by atoms with van der Waals surface area (Å²) in [6.45, 7) is 4.91. The third-order valence-electron chi connectivity index (χ3n) is 6.11. The maximum absolute atomic E-state index is 6.89. The molecule has 0 N–H and O–H groups in total. The third kappa shape index (κ3) is 4.68. The summed E-state index contributed by atoms with van der Waals surface area (Å²) >= 11 is -3.21. The van der Waals surface area contributed by atoms with E-state index in [4.69, 9.17) is 25.1 Å². The minimum absolute atomic E-state index is 0.140. The van der Waals surface area contributed by atoms with Gasteiger partial charge in [-0.15, -0.1) is 0 Å². The first-order valence-electron chi connectivity index (χ1n) is 11.1. The summed E-state index contributed by atoms with van der Waals surface area (Å²) in [7, 11) is 1.68. The van der Waals surface area contributed by atoms with E-state index in [9.17, 15) is 0 Å². The molecule has 6 nitrogen and oxygen atoms in total. The molecule has 0 aromatic heterocycles. The zero-order valence-electron chi connectivity index (χ0n) is 17.8. The Morgan fingerprint density at radius 2 is 1.62 bits per heavy atom. The van der Waals surface area contributed by atoms with Crippen molar-refractivity contribution >= 4 is 19.2 Å². The average molecular weight is 513 g/mol. The summed E-state index contributed by atoms with van der Waals surface area (Å²) < 4.78 is 40.1. The SMILES string of the molecule is CCC[CH2][Sn]1([CH2]CCC)[O]C2C(OC)OC3COC(c4ccccc4)OC3C2[O]1. The van der Waals surface area contributed by atoms with Crippen molar-refractivity contribution in [3.63, 3.8) is 0 Å². The van der Waals surface area contributed by atoms with E-state index in [1.54, 1.807) is 7.11 Å². The van der Waals surface area contributed by atoms with Crippen molar-refractivity contribution in [1.82, 2.24) is 0 Å². The van der Waals surface area contributed by atoms with E-state index in [-0.39, 0.29) is 24.4 Å². The molecule has 3 aliphatic heterocycles. The molecule has 3 aliphatic rings. The van der Waals surface area contributed by atoms with Crippen LogP contribution >= 0.6 is 0 Å². The molecule has 29 heavy (non-hydrogen) atoms. The van der Waals surface area contributed by atoms with Crippen LogP contribution in [0.25, 0.3) is 0 Å². The fourth-order valence-corrected chi connectivity index (χ4v) is 16.2. The number of unbranched alkanes of at least 4 members (excludes halogenated alkanes) is 2. The van der Waals surface area contributed by atoms with E-state index >= 15 is 0 Å². The van der Waals surface area contributed by atoms with Crippen LogP contribution in [0.1, 0.15) is 51.4 Å². The van der Waals surface area contributed by atoms with Crippen LogP contribution in [0.4, 0.5) is 0 Å². The maximum atomic E-state index is 6.89. The number of rotatable bonds is 8. The Kier molecular flexibility index (Phi) is 7.53. The molecule has 7 heteroatoms. The number of benzene rings is 1. The Labute approximate surface area is 179 Å². The molecular formula is C22H34O6Sn. The Morgan fingerprint density at radius 1 is 0.931 bits per heavy atom. The number of hydrogen-bond acceptors (Lipinski definition) is 6. The van der Waals surface area contributed by atoms with Crippen LogP contribution in [0.15, 0.2) is 30.3 Å². The fraction of sp³-hybridized carbons (Fsp3) is 0.727. The molecule has 1 aromatic carbocycles. The standard InChI is InChI=1S/C14H16O6.2C4H9.Sn/c1-17-14-11(16)10(15)12-9(19-14)7-18-13(20-12)8-5-3-2-4-6-8;2*1-3-4-2;/h2-6,9-14H,7H2,1H3;2*1,3-4H2,2H3;/q-2;;;+2. The first kappa shape index (κ1) is 22.0. The summed E-state index contributed by atoms with van der Waals surface area (Å²) in [6, 6.07) is 10.1. The monoisotopic (exact) mass is 514 g/mol. The first-order valence-corrected chi connectivity index (χ1v) is 17.4. The fourth-order valence-electron chi connectivity index (χ4n) is 4.55. The summed E-state index contributed by atoms with van der Waals surface area (Å²) in [5, 5.41) is 0. The molecule has 6 atom stereocenters. The van der Waals surface area contributed by atoms with Crippen LogP contribution in [0.3, 0.4) is 0 Å². The second kappa shape index (κ2) is 9.93. The molecule has 0 spiro atoms.